The lowest BCUT2D eigenvalue weighted by Crippen LogP contribution is -2.48. The second kappa shape index (κ2) is 5.94. The van der Waals surface area contributed by atoms with Crippen LogP contribution in [0, 0.1) is 23.7 Å². The minimum Gasteiger partial charge on any atom is -0.299 e. The SMILES string of the molecule is O=C1C2[C@@H]3CC[C@@H](C3)[C@@H]2C(=O)N1C1CCN(Cc2ccccc2)CC1. The Balaban J connectivity index is 1.24. The number of carbonyl (C=O) groups excluding carboxylic acids is 2. The predicted molar refractivity (Wildman–Crippen MR) is 94.4 cm³/mol. The van der Waals surface area contributed by atoms with Crippen molar-refractivity contribution in [3.05, 3.63) is 35.9 Å². The van der Waals surface area contributed by atoms with Crippen molar-refractivity contribution in [1.29, 1.82) is 0 Å². The molecule has 4 heteroatoms. The smallest absolute Gasteiger partial charge is 0.233 e. The molecule has 0 spiro atoms. The number of hydrogen-bond acceptors (Lipinski definition) is 3. The van der Waals surface area contributed by atoms with Crippen LogP contribution in [-0.2, 0) is 16.1 Å². The van der Waals surface area contributed by atoms with E-state index < -0.39 is 0 Å². The fraction of sp³-hybridized carbons (Fsp3) is 0.619. The van der Waals surface area contributed by atoms with Gasteiger partial charge < -0.3 is 0 Å². The van der Waals surface area contributed by atoms with Crippen LogP contribution in [0.5, 0.6) is 0 Å². The predicted octanol–water partition coefficient (Wildman–Crippen LogP) is 2.68. The maximum Gasteiger partial charge on any atom is 0.233 e. The standard InChI is InChI=1S/C21H26N2O2/c24-20-18-15-6-7-16(12-15)19(18)21(25)23(20)17-8-10-22(11-9-17)13-14-4-2-1-3-5-14/h1-5,15-19H,6-13H2/t15-,16+,18-,19?/m0/s1. The number of piperidine rings is 1. The highest BCUT2D eigenvalue weighted by Gasteiger charge is 2.61. The first-order valence-electron chi connectivity index (χ1n) is 9.85. The largest absolute Gasteiger partial charge is 0.299 e. The summed E-state index contributed by atoms with van der Waals surface area (Å²) < 4.78 is 0. The minimum atomic E-state index is 0.0357. The van der Waals surface area contributed by atoms with Gasteiger partial charge in [-0.2, -0.15) is 0 Å². The second-order valence-corrected chi connectivity index (χ2v) is 8.42. The van der Waals surface area contributed by atoms with E-state index in [9.17, 15) is 9.59 Å². The molecule has 2 bridgehead atoms. The first-order valence-corrected chi connectivity index (χ1v) is 9.85. The van der Waals surface area contributed by atoms with Crippen LogP contribution in [0.2, 0.25) is 0 Å². The number of fused-ring (bicyclic) bond motifs is 5. The lowest BCUT2D eigenvalue weighted by molar-refractivity contribution is -0.144. The van der Waals surface area contributed by atoms with Crippen LogP contribution < -0.4 is 0 Å². The molecule has 4 atom stereocenters. The molecular formula is C21H26N2O2. The Morgan fingerprint density at radius 2 is 1.44 bits per heavy atom. The number of benzene rings is 1. The van der Waals surface area contributed by atoms with E-state index in [1.165, 1.54) is 5.56 Å². The molecule has 2 heterocycles. The molecule has 2 amide bonds. The van der Waals surface area contributed by atoms with Gasteiger partial charge in [0.25, 0.3) is 0 Å². The molecule has 2 aliphatic heterocycles. The zero-order valence-electron chi connectivity index (χ0n) is 14.6. The summed E-state index contributed by atoms with van der Waals surface area (Å²) in [6, 6.07) is 10.7. The lowest BCUT2D eigenvalue weighted by Gasteiger charge is -2.36. The van der Waals surface area contributed by atoms with E-state index in [1.807, 2.05) is 6.07 Å². The van der Waals surface area contributed by atoms with Gasteiger partial charge in [-0.1, -0.05) is 30.3 Å². The van der Waals surface area contributed by atoms with E-state index in [4.69, 9.17) is 0 Å². The summed E-state index contributed by atoms with van der Waals surface area (Å²) in [7, 11) is 0. The highest BCUT2D eigenvalue weighted by molar-refractivity contribution is 6.06. The summed E-state index contributed by atoms with van der Waals surface area (Å²) in [5.41, 5.74) is 1.33. The number of nitrogens with zero attached hydrogens (tertiary/aromatic N) is 2. The molecule has 2 saturated carbocycles. The fourth-order valence-electron chi connectivity index (χ4n) is 5.97. The third-order valence-corrected chi connectivity index (χ3v) is 7.13. The van der Waals surface area contributed by atoms with Gasteiger partial charge in [-0.25, -0.2) is 0 Å². The van der Waals surface area contributed by atoms with Gasteiger partial charge in [-0.3, -0.25) is 19.4 Å². The van der Waals surface area contributed by atoms with E-state index >= 15 is 0 Å². The van der Waals surface area contributed by atoms with Crippen molar-refractivity contribution in [2.75, 3.05) is 13.1 Å². The zero-order valence-corrected chi connectivity index (χ0v) is 14.6. The topological polar surface area (TPSA) is 40.6 Å². The Bertz CT molecular complexity index is 652. The normalized spacial score (nSPS) is 35.6. The molecule has 1 unspecified atom stereocenters. The van der Waals surface area contributed by atoms with Crippen molar-refractivity contribution < 1.29 is 9.59 Å². The molecule has 2 saturated heterocycles. The summed E-state index contributed by atoms with van der Waals surface area (Å²) in [4.78, 5) is 30.1. The number of likely N-dealkylation sites (tertiary alicyclic amines) is 2. The molecule has 132 valence electrons. The molecule has 0 radical (unpaired) electrons. The molecule has 1 aromatic carbocycles. The van der Waals surface area contributed by atoms with Crippen molar-refractivity contribution in [2.45, 2.75) is 44.7 Å². The highest BCUT2D eigenvalue weighted by Crippen LogP contribution is 2.56. The van der Waals surface area contributed by atoms with Gasteiger partial charge >= 0.3 is 0 Å². The van der Waals surface area contributed by atoms with Gasteiger partial charge in [0.1, 0.15) is 0 Å². The summed E-state index contributed by atoms with van der Waals surface area (Å²) in [5, 5.41) is 0. The summed E-state index contributed by atoms with van der Waals surface area (Å²) in [6.07, 6.45) is 5.30. The van der Waals surface area contributed by atoms with Crippen LogP contribution in [0.4, 0.5) is 0 Å². The fourth-order valence-corrected chi connectivity index (χ4v) is 5.97. The van der Waals surface area contributed by atoms with Crippen LogP contribution in [0.1, 0.15) is 37.7 Å². The van der Waals surface area contributed by atoms with Crippen molar-refractivity contribution in [2.24, 2.45) is 23.7 Å². The summed E-state index contributed by atoms with van der Waals surface area (Å²) in [5.74, 6) is 1.40. The van der Waals surface area contributed by atoms with Crippen molar-refractivity contribution in [1.82, 2.24) is 9.80 Å². The quantitative estimate of drug-likeness (QED) is 0.796. The van der Waals surface area contributed by atoms with Gasteiger partial charge in [-0.05, 0) is 49.5 Å². The highest BCUT2D eigenvalue weighted by atomic mass is 16.2. The summed E-state index contributed by atoms with van der Waals surface area (Å²) in [6.45, 7) is 2.91. The van der Waals surface area contributed by atoms with Crippen LogP contribution >= 0.6 is 0 Å². The van der Waals surface area contributed by atoms with Crippen LogP contribution in [0.3, 0.4) is 0 Å². The Morgan fingerprint density at radius 3 is 2.04 bits per heavy atom. The maximum absolute atomic E-state index is 13.0. The Labute approximate surface area is 149 Å². The molecule has 5 rings (SSSR count). The van der Waals surface area contributed by atoms with Crippen LogP contribution in [0.25, 0.3) is 0 Å². The molecule has 25 heavy (non-hydrogen) atoms. The van der Waals surface area contributed by atoms with Crippen LogP contribution in [0.15, 0.2) is 30.3 Å². The number of rotatable bonds is 3. The second-order valence-electron chi connectivity index (χ2n) is 8.42. The average Bonchev–Trinajstić information content (AvgIpc) is 3.31. The number of amides is 2. The Morgan fingerprint density at radius 1 is 0.840 bits per heavy atom. The van der Waals surface area contributed by atoms with Gasteiger partial charge in [0.15, 0.2) is 0 Å². The number of carbonyl (C=O) groups is 2. The molecule has 1 aromatic rings. The molecular weight excluding hydrogens is 312 g/mol. The first kappa shape index (κ1) is 15.6. The van der Waals surface area contributed by atoms with E-state index in [0.29, 0.717) is 11.8 Å². The monoisotopic (exact) mass is 338 g/mol. The maximum atomic E-state index is 13.0. The van der Waals surface area contributed by atoms with Crippen molar-refractivity contribution >= 4 is 11.8 Å². The number of hydrogen-bond donors (Lipinski definition) is 0. The molecule has 4 aliphatic rings. The van der Waals surface area contributed by atoms with E-state index in [1.54, 1.807) is 4.90 Å². The number of imide groups is 1. The molecule has 0 aromatic heterocycles. The third-order valence-electron chi connectivity index (χ3n) is 7.13. The zero-order chi connectivity index (χ0) is 17.0. The molecule has 0 N–H and O–H groups in total. The average molecular weight is 338 g/mol. The van der Waals surface area contributed by atoms with Gasteiger partial charge in [0.05, 0.1) is 11.8 Å². The Kier molecular flexibility index (Phi) is 3.70. The van der Waals surface area contributed by atoms with E-state index in [0.717, 1.165) is 51.7 Å². The Hall–Kier alpha value is -1.68. The molecule has 2 aliphatic carbocycles. The summed E-state index contributed by atoms with van der Waals surface area (Å²) >= 11 is 0. The minimum absolute atomic E-state index is 0.0357. The van der Waals surface area contributed by atoms with Crippen molar-refractivity contribution in [3.63, 3.8) is 0 Å². The molecule has 4 fully saturated rings. The molecule has 4 nitrogen and oxygen atoms in total. The van der Waals surface area contributed by atoms with Gasteiger partial charge in [-0.15, -0.1) is 0 Å². The lowest BCUT2D eigenvalue weighted by atomic mass is 9.81. The van der Waals surface area contributed by atoms with Crippen LogP contribution in [-0.4, -0.2) is 40.7 Å². The van der Waals surface area contributed by atoms with Gasteiger partial charge in [0.2, 0.25) is 11.8 Å². The van der Waals surface area contributed by atoms with Crippen molar-refractivity contribution in [3.8, 4) is 0 Å². The van der Waals surface area contributed by atoms with E-state index in [-0.39, 0.29) is 29.7 Å². The van der Waals surface area contributed by atoms with E-state index in [2.05, 4.69) is 29.2 Å². The first-order chi connectivity index (χ1) is 12.2. The third kappa shape index (κ3) is 2.45. The van der Waals surface area contributed by atoms with Gasteiger partial charge in [0, 0.05) is 25.7 Å².